The molecule has 0 atom stereocenters. The van der Waals surface area contributed by atoms with Crippen LogP contribution in [0.3, 0.4) is 0 Å². The van der Waals surface area contributed by atoms with Crippen molar-refractivity contribution in [3.63, 3.8) is 0 Å². The highest BCUT2D eigenvalue weighted by atomic mass is 16.1. The van der Waals surface area contributed by atoms with E-state index in [4.69, 9.17) is 5.10 Å². The summed E-state index contributed by atoms with van der Waals surface area (Å²) in [4.78, 5) is 20.3. The molecule has 0 saturated carbocycles. The summed E-state index contributed by atoms with van der Waals surface area (Å²) < 4.78 is 1.70. The lowest BCUT2D eigenvalue weighted by molar-refractivity contribution is -0.116. The second-order valence-electron chi connectivity index (χ2n) is 8.17. The predicted octanol–water partition coefficient (Wildman–Crippen LogP) is 4.62. The maximum absolute atomic E-state index is 12.7. The fourth-order valence-electron chi connectivity index (χ4n) is 3.28. The van der Waals surface area contributed by atoms with Gasteiger partial charge in [-0.15, -0.1) is 0 Å². The Bertz CT molecular complexity index is 1140. The third-order valence-corrected chi connectivity index (χ3v) is 4.91. The first-order valence-electron chi connectivity index (χ1n) is 9.78. The second-order valence-corrected chi connectivity index (χ2v) is 8.17. The van der Waals surface area contributed by atoms with Crippen LogP contribution in [0.5, 0.6) is 0 Å². The number of aryl methyl sites for hydroxylation is 1. The molecule has 4 aromatic rings. The number of aromatic amines is 1. The van der Waals surface area contributed by atoms with Crippen LogP contribution in [-0.2, 0) is 16.6 Å². The van der Waals surface area contributed by atoms with E-state index in [0.717, 1.165) is 22.2 Å². The van der Waals surface area contributed by atoms with Gasteiger partial charge in [0.2, 0.25) is 5.91 Å². The lowest BCUT2D eigenvalue weighted by Crippen LogP contribution is -2.16. The molecule has 3 heterocycles. The quantitative estimate of drug-likeness (QED) is 0.525. The summed E-state index contributed by atoms with van der Waals surface area (Å²) in [6, 6.07) is 15.7. The van der Waals surface area contributed by atoms with Gasteiger partial charge in [0.05, 0.1) is 5.69 Å². The van der Waals surface area contributed by atoms with Gasteiger partial charge < -0.3 is 10.3 Å². The Morgan fingerprint density at radius 3 is 2.69 bits per heavy atom. The first-order chi connectivity index (χ1) is 13.9. The van der Waals surface area contributed by atoms with Gasteiger partial charge in [0.25, 0.3) is 0 Å². The Morgan fingerprint density at radius 1 is 1.14 bits per heavy atom. The van der Waals surface area contributed by atoms with E-state index in [1.165, 1.54) is 0 Å². The van der Waals surface area contributed by atoms with Gasteiger partial charge >= 0.3 is 0 Å². The molecular weight excluding hydrogens is 362 g/mol. The molecule has 148 valence electrons. The van der Waals surface area contributed by atoms with Crippen molar-refractivity contribution in [3.8, 4) is 5.82 Å². The third kappa shape index (κ3) is 4.06. The number of hydrogen-bond donors (Lipinski definition) is 2. The van der Waals surface area contributed by atoms with Crippen LogP contribution in [0.25, 0.3) is 16.7 Å². The van der Waals surface area contributed by atoms with E-state index in [1.54, 1.807) is 10.9 Å². The SMILES string of the molecule is CC(C)(C)c1cc(NC(=O)CCc2c[nH]c3ccccc23)n(-c2ccccn2)n1. The van der Waals surface area contributed by atoms with Gasteiger partial charge in [0, 0.05) is 41.2 Å². The molecule has 3 aromatic heterocycles. The first kappa shape index (κ1) is 18.9. The molecule has 0 fully saturated rings. The van der Waals surface area contributed by atoms with Crippen molar-refractivity contribution in [2.75, 3.05) is 5.32 Å². The topological polar surface area (TPSA) is 75.6 Å². The van der Waals surface area contributed by atoms with E-state index in [9.17, 15) is 4.79 Å². The number of nitrogens with one attached hydrogen (secondary N) is 2. The number of pyridine rings is 1. The number of hydrogen-bond acceptors (Lipinski definition) is 3. The molecule has 2 N–H and O–H groups in total. The number of para-hydroxylation sites is 1. The van der Waals surface area contributed by atoms with Crippen LogP contribution in [0.1, 0.15) is 38.4 Å². The van der Waals surface area contributed by atoms with Crippen LogP contribution in [0.15, 0.2) is 60.9 Å². The highest BCUT2D eigenvalue weighted by Crippen LogP contribution is 2.26. The Balaban J connectivity index is 1.53. The van der Waals surface area contributed by atoms with Crippen LogP contribution in [0.2, 0.25) is 0 Å². The van der Waals surface area contributed by atoms with Crippen LogP contribution >= 0.6 is 0 Å². The zero-order chi connectivity index (χ0) is 20.4. The minimum atomic E-state index is -0.135. The summed E-state index contributed by atoms with van der Waals surface area (Å²) in [5, 5.41) is 8.87. The van der Waals surface area contributed by atoms with E-state index in [0.29, 0.717) is 24.5 Å². The van der Waals surface area contributed by atoms with E-state index >= 15 is 0 Å². The zero-order valence-electron chi connectivity index (χ0n) is 16.9. The molecule has 0 aliphatic heterocycles. The van der Waals surface area contributed by atoms with Crippen molar-refractivity contribution in [2.24, 2.45) is 0 Å². The van der Waals surface area contributed by atoms with Crippen molar-refractivity contribution >= 4 is 22.6 Å². The van der Waals surface area contributed by atoms with Gasteiger partial charge in [-0.05, 0) is 30.2 Å². The molecule has 0 bridgehead atoms. The van der Waals surface area contributed by atoms with Crippen LogP contribution in [0.4, 0.5) is 5.82 Å². The summed E-state index contributed by atoms with van der Waals surface area (Å²) >= 11 is 0. The summed E-state index contributed by atoms with van der Waals surface area (Å²) in [5.74, 6) is 1.26. The third-order valence-electron chi connectivity index (χ3n) is 4.91. The van der Waals surface area contributed by atoms with Crippen LogP contribution < -0.4 is 5.32 Å². The minimum Gasteiger partial charge on any atom is -0.361 e. The molecule has 0 aliphatic rings. The molecule has 4 rings (SSSR count). The summed E-state index contributed by atoms with van der Waals surface area (Å²) in [5.41, 5.74) is 2.99. The number of carbonyl (C=O) groups excluding carboxylic acids is 1. The maximum Gasteiger partial charge on any atom is 0.225 e. The Hall–Kier alpha value is -3.41. The summed E-state index contributed by atoms with van der Waals surface area (Å²) in [6.07, 6.45) is 4.75. The molecule has 6 nitrogen and oxygen atoms in total. The molecular formula is C23H25N5O. The van der Waals surface area contributed by atoms with Crippen LogP contribution in [0, 0.1) is 0 Å². The lowest BCUT2D eigenvalue weighted by Gasteiger charge is -2.13. The summed E-state index contributed by atoms with van der Waals surface area (Å²) in [6.45, 7) is 6.29. The number of H-pyrrole nitrogens is 1. The first-order valence-corrected chi connectivity index (χ1v) is 9.78. The van der Waals surface area contributed by atoms with Crippen LogP contribution in [-0.4, -0.2) is 25.7 Å². The number of rotatable bonds is 5. The maximum atomic E-state index is 12.7. The Morgan fingerprint density at radius 2 is 1.93 bits per heavy atom. The fourth-order valence-corrected chi connectivity index (χ4v) is 3.28. The van der Waals surface area contributed by atoms with E-state index in [1.807, 2.05) is 48.7 Å². The molecule has 1 aromatic carbocycles. The molecule has 0 unspecified atom stereocenters. The Kier molecular flexibility index (Phi) is 4.92. The number of carbonyl (C=O) groups is 1. The van der Waals surface area contributed by atoms with Crippen molar-refractivity contribution in [3.05, 3.63) is 72.2 Å². The fraction of sp³-hybridized carbons (Fsp3) is 0.261. The lowest BCUT2D eigenvalue weighted by atomic mass is 9.92. The highest BCUT2D eigenvalue weighted by Gasteiger charge is 2.22. The molecule has 0 radical (unpaired) electrons. The van der Waals surface area contributed by atoms with Crippen molar-refractivity contribution < 1.29 is 4.79 Å². The number of fused-ring (bicyclic) bond motifs is 1. The number of nitrogens with zero attached hydrogens (tertiary/aromatic N) is 3. The minimum absolute atomic E-state index is 0.0483. The van der Waals surface area contributed by atoms with Gasteiger partial charge in [0.15, 0.2) is 5.82 Å². The summed E-state index contributed by atoms with van der Waals surface area (Å²) in [7, 11) is 0. The second kappa shape index (κ2) is 7.54. The van der Waals surface area contributed by atoms with Gasteiger partial charge in [-0.1, -0.05) is 45.0 Å². The average molecular weight is 387 g/mol. The Labute approximate surface area is 170 Å². The zero-order valence-corrected chi connectivity index (χ0v) is 16.9. The predicted molar refractivity (Wildman–Crippen MR) is 115 cm³/mol. The van der Waals surface area contributed by atoms with Crippen molar-refractivity contribution in [1.29, 1.82) is 0 Å². The molecule has 6 heteroatoms. The normalized spacial score (nSPS) is 11.7. The van der Waals surface area contributed by atoms with Gasteiger partial charge in [-0.25, -0.2) is 4.98 Å². The largest absolute Gasteiger partial charge is 0.361 e. The van der Waals surface area contributed by atoms with Gasteiger partial charge in [-0.2, -0.15) is 9.78 Å². The number of benzene rings is 1. The number of amides is 1. The number of aromatic nitrogens is 4. The van der Waals surface area contributed by atoms with E-state index < -0.39 is 0 Å². The van der Waals surface area contributed by atoms with Gasteiger partial charge in [0.1, 0.15) is 5.82 Å². The average Bonchev–Trinajstić information content (AvgIpc) is 3.31. The smallest absolute Gasteiger partial charge is 0.225 e. The molecule has 0 spiro atoms. The monoisotopic (exact) mass is 387 g/mol. The molecule has 29 heavy (non-hydrogen) atoms. The van der Waals surface area contributed by atoms with Gasteiger partial charge in [-0.3, -0.25) is 4.79 Å². The van der Waals surface area contributed by atoms with E-state index in [2.05, 4.69) is 42.1 Å². The van der Waals surface area contributed by atoms with Crippen molar-refractivity contribution in [1.82, 2.24) is 19.7 Å². The highest BCUT2D eigenvalue weighted by molar-refractivity contribution is 5.91. The molecule has 0 aliphatic carbocycles. The van der Waals surface area contributed by atoms with E-state index in [-0.39, 0.29) is 11.3 Å². The standard InChI is InChI=1S/C23H25N5O/c1-23(2,3)19-14-21(28(27-19)20-10-6-7-13-24-20)26-22(29)12-11-16-15-25-18-9-5-4-8-17(16)18/h4-10,13-15,25H,11-12H2,1-3H3,(H,26,29). The molecule has 1 amide bonds. The molecule has 0 saturated heterocycles. The van der Waals surface area contributed by atoms with Crippen molar-refractivity contribution in [2.45, 2.75) is 39.0 Å². The number of anilines is 1.